The average molecular weight is 509 g/mol. The van der Waals surface area contributed by atoms with Crippen LogP contribution in [-0.2, 0) is 19.1 Å². The minimum Gasteiger partial charge on any atom is -0.461 e. The molecular formula is C28H38F2O6. The van der Waals surface area contributed by atoms with Crippen LogP contribution in [-0.4, -0.2) is 48.6 Å². The number of aliphatic hydroxyl groups is 2. The van der Waals surface area contributed by atoms with Gasteiger partial charge in [-0.25, -0.2) is 18.4 Å². The van der Waals surface area contributed by atoms with Crippen LogP contribution < -0.4 is 0 Å². The smallest absolute Gasteiger partial charge is 0.335 e. The average Bonchev–Trinajstić information content (AvgIpc) is 2.89. The number of rotatable bonds is 14. The third-order valence-corrected chi connectivity index (χ3v) is 6.87. The number of esters is 2. The van der Waals surface area contributed by atoms with Crippen LogP contribution in [0.5, 0.6) is 0 Å². The van der Waals surface area contributed by atoms with Crippen LogP contribution in [0.3, 0.4) is 0 Å². The van der Waals surface area contributed by atoms with Gasteiger partial charge in [0.1, 0.15) is 13.2 Å². The molecule has 0 bridgehead atoms. The molecule has 0 radical (unpaired) electrons. The van der Waals surface area contributed by atoms with Crippen LogP contribution in [0.2, 0.25) is 0 Å². The Kier molecular flexibility index (Phi) is 12.2. The molecule has 0 atom stereocenters. The van der Waals surface area contributed by atoms with Crippen LogP contribution >= 0.6 is 0 Å². The van der Waals surface area contributed by atoms with Gasteiger partial charge >= 0.3 is 11.9 Å². The zero-order valence-corrected chi connectivity index (χ0v) is 21.1. The fourth-order valence-corrected chi connectivity index (χ4v) is 4.57. The number of ether oxygens (including phenoxy) is 2. The molecule has 1 aromatic carbocycles. The highest BCUT2D eigenvalue weighted by atomic mass is 19.2. The fourth-order valence-electron chi connectivity index (χ4n) is 4.57. The summed E-state index contributed by atoms with van der Waals surface area (Å²) in [4.78, 5) is 23.8. The predicted molar refractivity (Wildman–Crippen MR) is 132 cm³/mol. The minimum atomic E-state index is -1.07. The van der Waals surface area contributed by atoms with Gasteiger partial charge in [-0.1, -0.05) is 57.9 Å². The molecule has 200 valence electrons. The lowest BCUT2D eigenvalue weighted by atomic mass is 9.76. The van der Waals surface area contributed by atoms with E-state index in [2.05, 4.69) is 20.1 Å². The minimum absolute atomic E-state index is 0.0640. The van der Waals surface area contributed by atoms with Crippen molar-refractivity contribution in [1.29, 1.82) is 0 Å². The highest BCUT2D eigenvalue weighted by Gasteiger charge is 2.29. The van der Waals surface area contributed by atoms with Crippen molar-refractivity contribution in [2.75, 3.05) is 26.4 Å². The maximum Gasteiger partial charge on any atom is 0.335 e. The van der Waals surface area contributed by atoms with E-state index in [4.69, 9.17) is 19.7 Å². The number of benzene rings is 1. The Bertz CT molecular complexity index is 889. The monoisotopic (exact) mass is 508 g/mol. The zero-order chi connectivity index (χ0) is 26.7. The normalized spacial score (nSPS) is 17.6. The number of hydrogen-bond donors (Lipinski definition) is 2. The Balaban J connectivity index is 2.16. The first kappa shape index (κ1) is 29.6. The highest BCUT2D eigenvalue weighted by molar-refractivity contribution is 5.88. The fraction of sp³-hybridized carbons (Fsp3) is 0.571. The summed E-state index contributed by atoms with van der Waals surface area (Å²) in [7, 11) is 0. The number of carbonyl (C=O) groups excluding carboxylic acids is 2. The van der Waals surface area contributed by atoms with Crippen molar-refractivity contribution < 1.29 is 38.1 Å². The molecular weight excluding hydrogens is 470 g/mol. The third-order valence-electron chi connectivity index (χ3n) is 6.87. The van der Waals surface area contributed by atoms with E-state index in [9.17, 15) is 9.59 Å². The molecule has 2 rings (SSSR count). The van der Waals surface area contributed by atoms with Crippen molar-refractivity contribution in [3.8, 4) is 0 Å². The molecule has 1 fully saturated rings. The molecule has 1 aliphatic carbocycles. The van der Waals surface area contributed by atoms with Crippen LogP contribution in [0, 0.1) is 17.6 Å². The molecule has 0 amide bonds. The second-order valence-corrected chi connectivity index (χ2v) is 9.50. The quantitative estimate of drug-likeness (QED) is 0.207. The van der Waals surface area contributed by atoms with Gasteiger partial charge in [-0.05, 0) is 43.1 Å². The predicted octanol–water partition coefficient (Wildman–Crippen LogP) is 5.09. The molecule has 8 heteroatoms. The van der Waals surface area contributed by atoms with Crippen LogP contribution in [0.25, 0.3) is 0 Å². The third kappa shape index (κ3) is 8.23. The molecule has 1 saturated carbocycles. The largest absolute Gasteiger partial charge is 0.461 e. The summed E-state index contributed by atoms with van der Waals surface area (Å²) in [5, 5.41) is 18.1. The molecule has 1 aromatic rings. The molecule has 1 aliphatic rings. The maximum absolute atomic E-state index is 15.3. The van der Waals surface area contributed by atoms with Gasteiger partial charge in [-0.15, -0.1) is 0 Å². The Morgan fingerprint density at radius 2 is 1.50 bits per heavy atom. The van der Waals surface area contributed by atoms with E-state index in [0.717, 1.165) is 25.7 Å². The van der Waals surface area contributed by atoms with E-state index < -0.39 is 55.9 Å². The Morgan fingerprint density at radius 3 is 2.00 bits per heavy atom. The van der Waals surface area contributed by atoms with Crippen molar-refractivity contribution in [2.45, 2.75) is 70.1 Å². The van der Waals surface area contributed by atoms with Crippen molar-refractivity contribution >= 4 is 11.9 Å². The second kappa shape index (κ2) is 14.9. The van der Waals surface area contributed by atoms with E-state index in [-0.39, 0.29) is 22.6 Å². The van der Waals surface area contributed by atoms with Crippen molar-refractivity contribution in [2.24, 2.45) is 5.92 Å². The Morgan fingerprint density at radius 1 is 0.944 bits per heavy atom. The van der Waals surface area contributed by atoms with E-state index in [1.54, 1.807) is 6.07 Å². The lowest BCUT2D eigenvalue weighted by Crippen LogP contribution is -2.23. The summed E-state index contributed by atoms with van der Waals surface area (Å²) in [5.41, 5.74) is -0.175. The van der Waals surface area contributed by atoms with Gasteiger partial charge in [0.15, 0.2) is 11.6 Å². The molecule has 0 spiro atoms. The topological polar surface area (TPSA) is 93.1 Å². The van der Waals surface area contributed by atoms with Crippen LogP contribution in [0.15, 0.2) is 36.4 Å². The lowest BCUT2D eigenvalue weighted by molar-refractivity contribution is -0.143. The van der Waals surface area contributed by atoms with Gasteiger partial charge in [0, 0.05) is 5.56 Å². The Labute approximate surface area is 212 Å². The number of aliphatic hydroxyl groups excluding tert-OH is 2. The van der Waals surface area contributed by atoms with Gasteiger partial charge in [0.2, 0.25) is 0 Å². The lowest BCUT2D eigenvalue weighted by Gasteiger charge is -2.29. The summed E-state index contributed by atoms with van der Waals surface area (Å²) >= 11 is 0. The van der Waals surface area contributed by atoms with Gasteiger partial charge in [0.05, 0.1) is 30.3 Å². The number of hydrogen-bond acceptors (Lipinski definition) is 6. The molecule has 0 aromatic heterocycles. The van der Waals surface area contributed by atoms with Gasteiger partial charge in [-0.3, -0.25) is 0 Å². The maximum atomic E-state index is 15.3. The van der Waals surface area contributed by atoms with E-state index in [0.29, 0.717) is 11.5 Å². The summed E-state index contributed by atoms with van der Waals surface area (Å²) in [5.74, 6) is -4.26. The number of carbonyl (C=O) groups is 2. The van der Waals surface area contributed by atoms with Gasteiger partial charge < -0.3 is 19.7 Å². The summed E-state index contributed by atoms with van der Waals surface area (Å²) in [6, 6.07) is 3.00. The SMILES string of the molecule is C=C(CO)C(=O)OCC(COC(=O)C(=C)CO)c1ccc(C2CCC(CCCCC)CC2)c(F)c1F. The highest BCUT2D eigenvalue weighted by Crippen LogP contribution is 2.40. The van der Waals surface area contributed by atoms with Crippen LogP contribution in [0.1, 0.15) is 81.3 Å². The first-order chi connectivity index (χ1) is 17.2. The summed E-state index contributed by atoms with van der Waals surface area (Å²) in [6.45, 7) is 6.81. The van der Waals surface area contributed by atoms with Crippen molar-refractivity contribution in [1.82, 2.24) is 0 Å². The number of halogens is 2. The van der Waals surface area contributed by atoms with Gasteiger partial charge in [-0.2, -0.15) is 0 Å². The zero-order valence-electron chi connectivity index (χ0n) is 21.1. The van der Waals surface area contributed by atoms with E-state index in [1.807, 2.05) is 0 Å². The first-order valence-electron chi connectivity index (χ1n) is 12.6. The first-order valence-corrected chi connectivity index (χ1v) is 12.6. The summed E-state index contributed by atoms with van der Waals surface area (Å²) < 4.78 is 40.7. The van der Waals surface area contributed by atoms with Crippen LogP contribution in [0.4, 0.5) is 8.78 Å². The molecule has 36 heavy (non-hydrogen) atoms. The second-order valence-electron chi connectivity index (χ2n) is 9.50. The van der Waals surface area contributed by atoms with Crippen molar-refractivity contribution in [3.05, 3.63) is 59.2 Å². The molecule has 0 unspecified atom stereocenters. The van der Waals surface area contributed by atoms with Gasteiger partial charge in [0.25, 0.3) is 0 Å². The molecule has 0 aliphatic heterocycles. The van der Waals surface area contributed by atoms with Crippen molar-refractivity contribution in [3.63, 3.8) is 0 Å². The number of unbranched alkanes of at least 4 members (excludes halogenated alkanes) is 2. The molecule has 0 saturated heterocycles. The van der Waals surface area contributed by atoms with E-state index >= 15 is 8.78 Å². The Hall–Kier alpha value is -2.58. The molecule has 0 heterocycles. The standard InChI is InChI=1S/C28H38F2O6/c1-4-5-6-7-20-8-10-21(11-9-20)23-12-13-24(26(30)25(23)29)22(16-35-27(33)18(2)14-31)17-36-28(34)19(3)15-32/h12-13,20-22,31-32H,2-11,14-17H2,1H3. The summed E-state index contributed by atoms with van der Waals surface area (Å²) in [6.07, 6.45) is 8.38. The van der Waals surface area contributed by atoms with E-state index in [1.165, 1.54) is 31.7 Å². The molecule has 6 nitrogen and oxygen atoms in total. The molecule has 2 N–H and O–H groups in total.